The first-order valence-electron chi connectivity index (χ1n) is 10.9. The Labute approximate surface area is 195 Å². The van der Waals surface area contributed by atoms with E-state index in [0.717, 1.165) is 25.0 Å². The van der Waals surface area contributed by atoms with Crippen molar-refractivity contribution >= 4 is 29.1 Å². The highest BCUT2D eigenvalue weighted by atomic mass is 35.5. The van der Waals surface area contributed by atoms with Crippen LogP contribution in [0, 0.1) is 5.92 Å². The van der Waals surface area contributed by atoms with Crippen LogP contribution in [0.3, 0.4) is 0 Å². The van der Waals surface area contributed by atoms with E-state index in [9.17, 15) is 9.35 Å². The van der Waals surface area contributed by atoms with Gasteiger partial charge in [-0.15, -0.1) is 4.72 Å². The number of hydrogen-bond donors (Lipinski definition) is 1. The highest BCUT2D eigenvalue weighted by Gasteiger charge is 2.43. The third kappa shape index (κ3) is 7.81. The third-order valence-corrected chi connectivity index (χ3v) is 7.19. The van der Waals surface area contributed by atoms with Gasteiger partial charge in [-0.05, 0) is 92.7 Å². The van der Waals surface area contributed by atoms with Gasteiger partial charge in [0.05, 0.1) is 11.7 Å². The fraction of sp³-hybridized carbons (Fsp3) is 0.739. The Morgan fingerprint density at radius 3 is 2.58 bits per heavy atom. The molecule has 1 fully saturated rings. The van der Waals surface area contributed by atoms with Crippen LogP contribution >= 0.6 is 11.6 Å². The predicted molar refractivity (Wildman–Crippen MR) is 127 cm³/mol. The number of pyridine rings is 1. The summed E-state index contributed by atoms with van der Waals surface area (Å²) in [5.41, 5.74) is -0.0000758. The normalized spacial score (nSPS) is 21.1. The van der Waals surface area contributed by atoms with Crippen molar-refractivity contribution in [3.8, 4) is 0 Å². The zero-order valence-electron chi connectivity index (χ0n) is 20.1. The monoisotopic (exact) mass is 471 g/mol. The van der Waals surface area contributed by atoms with Crippen LogP contribution in [0.15, 0.2) is 18.3 Å². The second-order valence-electron chi connectivity index (χ2n) is 11.0. The first kappa shape index (κ1) is 26.2. The Bertz CT molecular complexity index is 761. The Hall–Kier alpha value is -1.02. The molecule has 1 aliphatic rings. The molecule has 2 rings (SSSR count). The van der Waals surface area contributed by atoms with Crippen molar-refractivity contribution in [1.29, 1.82) is 0 Å². The van der Waals surface area contributed by atoms with Crippen molar-refractivity contribution in [3.63, 3.8) is 0 Å². The number of hydrogen-bond acceptors (Lipinski definition) is 5. The number of nitrogens with zero attached hydrogens (tertiary/aromatic N) is 2. The number of aromatic nitrogens is 1. The van der Waals surface area contributed by atoms with Crippen LogP contribution in [0.2, 0.25) is 5.02 Å². The average molecular weight is 472 g/mol. The summed E-state index contributed by atoms with van der Waals surface area (Å²) in [7, 11) is 0. The number of rotatable bonds is 6. The lowest BCUT2D eigenvalue weighted by atomic mass is 9.91. The van der Waals surface area contributed by atoms with Crippen LogP contribution in [-0.2, 0) is 16.1 Å². The average Bonchev–Trinajstić information content (AvgIpc) is 2.90. The Balaban J connectivity index is 2.09. The van der Waals surface area contributed by atoms with E-state index in [2.05, 4.69) is 23.6 Å². The highest BCUT2D eigenvalue weighted by Crippen LogP contribution is 2.37. The molecule has 0 spiro atoms. The van der Waals surface area contributed by atoms with Gasteiger partial charge in [-0.25, -0.2) is 4.79 Å². The van der Waals surface area contributed by atoms with Gasteiger partial charge in [-0.3, -0.25) is 4.98 Å². The summed E-state index contributed by atoms with van der Waals surface area (Å²) in [6.45, 7) is 16.3. The van der Waals surface area contributed by atoms with Crippen molar-refractivity contribution in [2.45, 2.75) is 96.6 Å². The molecule has 176 valence electrons. The summed E-state index contributed by atoms with van der Waals surface area (Å²) in [4.78, 5) is 19.0. The lowest BCUT2D eigenvalue weighted by molar-refractivity contribution is 0.0131. The van der Waals surface area contributed by atoms with Crippen LogP contribution < -0.4 is 4.72 Å². The van der Waals surface area contributed by atoms with E-state index >= 15 is 0 Å². The van der Waals surface area contributed by atoms with E-state index in [1.807, 2.05) is 52.5 Å². The molecule has 2 heterocycles. The molecular weight excluding hydrogens is 434 g/mol. The largest absolute Gasteiger partial charge is 0.598 e. The number of likely N-dealkylation sites (tertiary alicyclic amines) is 1. The number of halogens is 1. The zero-order chi connectivity index (χ0) is 23.6. The molecule has 1 N–H and O–H groups in total. The molecule has 0 aromatic carbocycles. The van der Waals surface area contributed by atoms with Gasteiger partial charge in [-0.2, -0.15) is 0 Å². The van der Waals surface area contributed by atoms with E-state index in [4.69, 9.17) is 16.3 Å². The van der Waals surface area contributed by atoms with E-state index in [-0.39, 0.29) is 22.4 Å². The highest BCUT2D eigenvalue weighted by molar-refractivity contribution is 7.90. The fourth-order valence-corrected chi connectivity index (χ4v) is 4.82. The second kappa shape index (κ2) is 9.86. The van der Waals surface area contributed by atoms with Gasteiger partial charge in [-0.1, -0.05) is 11.6 Å². The van der Waals surface area contributed by atoms with Crippen LogP contribution in [0.4, 0.5) is 4.79 Å². The summed E-state index contributed by atoms with van der Waals surface area (Å²) in [5.74, 6) is 0.328. The maximum Gasteiger partial charge on any atom is 0.410 e. The minimum atomic E-state index is -1.24. The summed E-state index contributed by atoms with van der Waals surface area (Å²) in [6, 6.07) is 3.38. The first-order valence-corrected chi connectivity index (χ1v) is 12.4. The molecule has 1 aromatic rings. The Kier molecular flexibility index (Phi) is 8.34. The van der Waals surface area contributed by atoms with Crippen molar-refractivity contribution in [1.82, 2.24) is 14.6 Å². The summed E-state index contributed by atoms with van der Waals surface area (Å²) in [5, 5.41) is 0.608. The maximum atomic E-state index is 12.8. The standard InChI is InChI=1S/C23H38ClN3O3S/c1-21(2,3)30-20(28)27-15-16(14-23(27,7)8)9-10-18(26-31(29)22(4,5)6)19-13-17(24)11-12-25-19/h11-13,16,18,26H,9-10,14-15H2,1-8H3/t16-,18?,31?/m0/s1. The van der Waals surface area contributed by atoms with Crippen molar-refractivity contribution in [2.75, 3.05) is 6.54 Å². The van der Waals surface area contributed by atoms with Crippen LogP contribution in [0.25, 0.3) is 0 Å². The zero-order valence-corrected chi connectivity index (χ0v) is 21.7. The third-order valence-electron chi connectivity index (χ3n) is 5.34. The Morgan fingerprint density at radius 1 is 1.39 bits per heavy atom. The molecule has 2 unspecified atom stereocenters. The van der Waals surface area contributed by atoms with Gasteiger partial charge < -0.3 is 14.2 Å². The molecule has 0 saturated carbocycles. The molecule has 3 atom stereocenters. The van der Waals surface area contributed by atoms with Crippen LogP contribution in [0.5, 0.6) is 0 Å². The van der Waals surface area contributed by atoms with Crippen molar-refractivity contribution in [3.05, 3.63) is 29.0 Å². The lowest BCUT2D eigenvalue weighted by Gasteiger charge is -2.33. The molecule has 8 heteroatoms. The summed E-state index contributed by atoms with van der Waals surface area (Å²) < 4.78 is 21.3. The van der Waals surface area contributed by atoms with Gasteiger partial charge >= 0.3 is 6.09 Å². The molecule has 1 saturated heterocycles. The van der Waals surface area contributed by atoms with E-state index in [1.165, 1.54) is 0 Å². The molecule has 1 amide bonds. The van der Waals surface area contributed by atoms with Gasteiger partial charge in [0.25, 0.3) is 0 Å². The molecule has 1 aliphatic heterocycles. The number of ether oxygens (including phenoxy) is 1. The van der Waals surface area contributed by atoms with Gasteiger partial charge in [0.15, 0.2) is 0 Å². The fourth-order valence-electron chi connectivity index (χ4n) is 3.81. The number of nitrogens with one attached hydrogen (secondary N) is 1. The quantitative estimate of drug-likeness (QED) is 0.543. The number of carbonyl (C=O) groups excluding carboxylic acids is 1. The molecule has 6 nitrogen and oxygen atoms in total. The van der Waals surface area contributed by atoms with Crippen molar-refractivity contribution in [2.24, 2.45) is 5.92 Å². The molecule has 0 radical (unpaired) electrons. The van der Waals surface area contributed by atoms with Crippen LogP contribution in [0.1, 0.15) is 86.4 Å². The molecular formula is C23H38ClN3O3S. The summed E-state index contributed by atoms with van der Waals surface area (Å²) in [6.07, 6.45) is 3.92. The lowest BCUT2D eigenvalue weighted by Crippen LogP contribution is -2.45. The van der Waals surface area contributed by atoms with Gasteiger partial charge in [0.1, 0.15) is 10.3 Å². The van der Waals surface area contributed by atoms with E-state index in [0.29, 0.717) is 17.5 Å². The predicted octanol–water partition coefficient (Wildman–Crippen LogP) is 5.64. The SMILES string of the molecule is CC(C)(C)OC(=O)N1C[C@@H](CCC(N[S+]([O-])C(C)(C)C)c2cc(Cl)ccn2)CC1(C)C. The Morgan fingerprint density at radius 2 is 2.03 bits per heavy atom. The minimum absolute atomic E-state index is 0.183. The molecule has 0 bridgehead atoms. The van der Waals surface area contributed by atoms with Crippen LogP contribution in [-0.4, -0.2) is 43.0 Å². The van der Waals surface area contributed by atoms with E-state index < -0.39 is 17.0 Å². The number of amides is 1. The first-order chi connectivity index (χ1) is 14.1. The minimum Gasteiger partial charge on any atom is -0.598 e. The summed E-state index contributed by atoms with van der Waals surface area (Å²) >= 11 is 4.95. The smallest absolute Gasteiger partial charge is 0.410 e. The maximum absolute atomic E-state index is 12.8. The second-order valence-corrected chi connectivity index (χ2v) is 13.4. The number of carbonyl (C=O) groups is 1. The van der Waals surface area contributed by atoms with Gasteiger partial charge in [0, 0.05) is 34.7 Å². The van der Waals surface area contributed by atoms with Crippen molar-refractivity contribution < 1.29 is 14.1 Å². The molecule has 1 aromatic heterocycles. The topological polar surface area (TPSA) is 77.5 Å². The molecule has 0 aliphatic carbocycles. The molecule has 31 heavy (non-hydrogen) atoms. The van der Waals surface area contributed by atoms with Gasteiger partial charge in [0.2, 0.25) is 0 Å². The van der Waals surface area contributed by atoms with E-state index in [1.54, 1.807) is 12.3 Å².